The van der Waals surface area contributed by atoms with Crippen LogP contribution in [0.1, 0.15) is 0 Å². The molecular formula is C46B28O. The molecule has 0 N–H and O–H groups in total. The maximum Gasteiger partial charge on any atom is 0.127 e. The topological polar surface area (TPSA) is 13.1 Å². The number of hydrogen-bond donors (Lipinski definition) is 0. The molecule has 0 atom stereocenters. The van der Waals surface area contributed by atoms with Gasteiger partial charge >= 0.3 is 0 Å². The Kier molecular flexibility index (Phi) is 13.0. The third-order valence-electron chi connectivity index (χ3n) is 14.7. The maximum atomic E-state index is 7.27. The first-order chi connectivity index (χ1) is 35.0. The summed E-state index contributed by atoms with van der Waals surface area (Å²) in [4.78, 5) is 0. The summed E-state index contributed by atoms with van der Waals surface area (Å²) in [5.74, 6) is 0. The van der Waals surface area contributed by atoms with Crippen molar-refractivity contribution in [3.05, 3.63) is 0 Å². The monoisotopic (exact) mass is 876 g/mol. The minimum absolute atomic E-state index is 0.000959. The molecule has 10 rings (SSSR count). The molecule has 0 amide bonds. The number of benzene rings is 9. The fraction of sp³-hybridized carbons (Fsp3) is 0. The quantitative estimate of drug-likeness (QED) is 0.0979. The molecule has 0 aliphatic heterocycles. The Labute approximate surface area is 472 Å². The molecule has 0 spiro atoms. The van der Waals surface area contributed by atoms with Crippen LogP contribution in [0.4, 0.5) is 0 Å². The minimum atomic E-state index is -0.291. The second-order valence-corrected chi connectivity index (χ2v) is 18.3. The largest absolute Gasteiger partial charge is 0.457 e. The summed E-state index contributed by atoms with van der Waals surface area (Å²) >= 11 is 0. The number of rotatable bonds is 3. The summed E-state index contributed by atoms with van der Waals surface area (Å²) in [5.41, 5.74) is -4.84. The summed E-state index contributed by atoms with van der Waals surface area (Å²) in [6.07, 6.45) is 0. The van der Waals surface area contributed by atoms with E-state index in [2.05, 4.69) is 0 Å². The molecule has 274 valence electrons. The van der Waals surface area contributed by atoms with Crippen LogP contribution in [0.15, 0.2) is 4.42 Å². The Hall–Kier alpha value is -4.36. The molecule has 0 saturated heterocycles. The molecule has 10 aromatic rings. The fourth-order valence-electron chi connectivity index (χ4n) is 10.7. The first-order valence-corrected chi connectivity index (χ1v) is 22.0. The van der Waals surface area contributed by atoms with Gasteiger partial charge in [0.05, 0.1) is 0 Å². The van der Waals surface area contributed by atoms with Crippen molar-refractivity contribution in [1.82, 2.24) is 0 Å². The molecule has 9 aromatic carbocycles. The van der Waals surface area contributed by atoms with Crippen LogP contribution in [0.5, 0.6) is 0 Å². The first-order valence-electron chi connectivity index (χ1n) is 22.0. The molecule has 0 unspecified atom stereocenters. The highest BCUT2D eigenvalue weighted by Crippen LogP contribution is 2.40. The normalized spacial score (nSPS) is 11.9. The van der Waals surface area contributed by atoms with Crippen LogP contribution in [0, 0.1) is 0 Å². The van der Waals surface area contributed by atoms with E-state index >= 15 is 0 Å². The van der Waals surface area contributed by atoms with Crippen molar-refractivity contribution >= 4 is 438 Å². The van der Waals surface area contributed by atoms with E-state index in [1.807, 2.05) is 0 Å². The smallest absolute Gasteiger partial charge is 0.127 e. The van der Waals surface area contributed by atoms with Gasteiger partial charge in [-0.1, -0.05) is 104 Å². The Bertz CT molecular complexity index is 4330. The average Bonchev–Trinajstić information content (AvgIpc) is 3.85. The fourth-order valence-corrected chi connectivity index (χ4v) is 10.7. The van der Waals surface area contributed by atoms with Gasteiger partial charge in [-0.05, 0) is 76.5 Å². The highest BCUT2D eigenvalue weighted by Gasteiger charge is 2.31. The number of hydrogen-bond acceptors (Lipinski definition) is 1. The molecule has 1 aromatic heterocycles. The molecule has 0 fully saturated rings. The highest BCUT2D eigenvalue weighted by atomic mass is 16.3. The van der Waals surface area contributed by atoms with Gasteiger partial charge in [0.15, 0.2) is 0 Å². The van der Waals surface area contributed by atoms with Crippen LogP contribution in [0.2, 0.25) is 0 Å². The Morgan fingerprint density at radius 2 is 0.320 bits per heavy atom. The molecular weight excluding hydrogens is 871 g/mol. The van der Waals surface area contributed by atoms with E-state index in [0.29, 0.717) is 0 Å². The van der Waals surface area contributed by atoms with E-state index in [1.54, 1.807) is 0 Å². The molecule has 0 aliphatic carbocycles. The van der Waals surface area contributed by atoms with Gasteiger partial charge in [-0.25, -0.2) is 0 Å². The van der Waals surface area contributed by atoms with Crippen molar-refractivity contribution in [1.29, 1.82) is 0 Å². The van der Waals surface area contributed by atoms with Crippen LogP contribution < -0.4 is 153 Å². The van der Waals surface area contributed by atoms with E-state index in [0.717, 1.165) is 0 Å². The van der Waals surface area contributed by atoms with Gasteiger partial charge < -0.3 is 4.42 Å². The first kappa shape index (κ1) is 54.0. The SMILES string of the molecule is [B]c1c([B])c(-c2c([B])c([B])c([B])c3c([B])c([B])c4c([B])c([B])c([B])c([B])c4c23)c([B])c([B])c1-c1c2c([B])c([B])c([B])c([B])c2c(-c2c([B])c([B])c3oc4c([B])c([B])c([B])c([B])c4c3c2[B])c2c([B])c([B])c([B])c([B])c12. The molecule has 0 aliphatic rings. The molecule has 75 heavy (non-hydrogen) atoms. The molecule has 0 saturated carbocycles. The molecule has 1 nitrogen and oxygen atoms in total. The zero-order chi connectivity index (χ0) is 55.3. The van der Waals surface area contributed by atoms with Crippen molar-refractivity contribution in [2.45, 2.75) is 0 Å². The van der Waals surface area contributed by atoms with Gasteiger partial charge in [-0.2, -0.15) is 0 Å². The van der Waals surface area contributed by atoms with E-state index in [9.17, 15) is 0 Å². The van der Waals surface area contributed by atoms with Crippen LogP contribution in [0.25, 0.3) is 98.4 Å². The Morgan fingerprint density at radius 3 is 0.693 bits per heavy atom. The summed E-state index contributed by atoms with van der Waals surface area (Å²) < 4.78 is 6.18. The van der Waals surface area contributed by atoms with E-state index in [4.69, 9.17) is 224 Å². The molecule has 56 radical (unpaired) electrons. The summed E-state index contributed by atoms with van der Waals surface area (Å²) in [6, 6.07) is 0. The van der Waals surface area contributed by atoms with Gasteiger partial charge in [0.25, 0.3) is 0 Å². The number of fused-ring (bicyclic) bond motifs is 8. The van der Waals surface area contributed by atoms with Crippen LogP contribution in [-0.4, -0.2) is 220 Å². The predicted molar refractivity (Wildman–Crippen MR) is 351 cm³/mol. The summed E-state index contributed by atoms with van der Waals surface area (Å²) in [7, 11) is 190. The van der Waals surface area contributed by atoms with Crippen LogP contribution >= 0.6 is 0 Å². The van der Waals surface area contributed by atoms with Crippen LogP contribution in [-0.2, 0) is 0 Å². The second-order valence-electron chi connectivity index (χ2n) is 18.3. The van der Waals surface area contributed by atoms with Crippen molar-refractivity contribution in [3.63, 3.8) is 0 Å². The molecule has 1 heterocycles. The van der Waals surface area contributed by atoms with E-state index in [-0.39, 0.29) is 251 Å². The average molecular weight is 871 g/mol. The maximum absolute atomic E-state index is 7.27. The van der Waals surface area contributed by atoms with Crippen molar-refractivity contribution < 1.29 is 4.42 Å². The lowest BCUT2D eigenvalue weighted by Gasteiger charge is -2.33. The lowest BCUT2D eigenvalue weighted by molar-refractivity contribution is 0.675. The van der Waals surface area contributed by atoms with Crippen molar-refractivity contribution in [2.75, 3.05) is 0 Å². The van der Waals surface area contributed by atoms with Gasteiger partial charge in [-0.3, -0.25) is 0 Å². The van der Waals surface area contributed by atoms with Crippen molar-refractivity contribution in [2.24, 2.45) is 0 Å². The highest BCUT2D eigenvalue weighted by molar-refractivity contribution is 6.78. The lowest BCUT2D eigenvalue weighted by atomic mass is 9.55. The van der Waals surface area contributed by atoms with Gasteiger partial charge in [0.1, 0.15) is 231 Å². The van der Waals surface area contributed by atoms with Gasteiger partial charge in [0, 0.05) is 10.8 Å². The van der Waals surface area contributed by atoms with Gasteiger partial charge in [0.2, 0.25) is 0 Å². The standard InChI is InChI=1S/C46B28O/c47-17-10(32(62)43(73)45-15(17)16-33(63)41(71)42(72)44(74)46(16)75-45)1-4-6(20(50)37(67)35(65)18(4)48)2(7-5(1)19(49)36(66)38(68)21(7)51)11-24(54)27(57)13(28(58)25(11)55)8-3-9-14(31(61)40(70)39(69)23(9)53)29(59)26(56)12(3)30(60)34(64)22(8)52. The zero-order valence-corrected chi connectivity index (χ0v) is 39.6. The lowest BCUT2D eigenvalue weighted by Crippen LogP contribution is -2.52. The Balaban J connectivity index is 1.46. The zero-order valence-electron chi connectivity index (χ0n) is 39.6. The summed E-state index contributed by atoms with van der Waals surface area (Å²) in [5, 5.41) is 0.479. The minimum Gasteiger partial charge on any atom is -0.457 e. The van der Waals surface area contributed by atoms with E-state index in [1.165, 1.54) is 0 Å². The van der Waals surface area contributed by atoms with E-state index < -0.39 is 0 Å². The molecule has 0 bridgehead atoms. The third-order valence-corrected chi connectivity index (χ3v) is 14.7. The molecule has 29 heteroatoms. The summed E-state index contributed by atoms with van der Waals surface area (Å²) in [6.45, 7) is 0. The third kappa shape index (κ3) is 6.85. The Morgan fingerprint density at radius 1 is 0.120 bits per heavy atom. The number of furan rings is 1. The second kappa shape index (κ2) is 18.1. The predicted octanol–water partition coefficient (Wildman–Crippen LogP) is -20.6. The van der Waals surface area contributed by atoms with Crippen LogP contribution in [0.3, 0.4) is 0 Å². The van der Waals surface area contributed by atoms with Crippen molar-refractivity contribution in [3.8, 4) is 33.4 Å². The van der Waals surface area contributed by atoms with Gasteiger partial charge in [-0.15, -0.1) is 49.2 Å².